The van der Waals surface area contributed by atoms with Crippen molar-refractivity contribution in [1.29, 1.82) is 0 Å². The number of hydrogen-bond acceptors (Lipinski definition) is 9. The van der Waals surface area contributed by atoms with E-state index >= 15 is 0 Å². The summed E-state index contributed by atoms with van der Waals surface area (Å²) >= 11 is 1.50. The number of fused-ring (bicyclic) bond motifs is 1. The lowest BCUT2D eigenvalue weighted by atomic mass is 10.0. The second-order valence-corrected chi connectivity index (χ2v) is 13.5. The summed E-state index contributed by atoms with van der Waals surface area (Å²) in [4.78, 5) is 29.8. The summed E-state index contributed by atoms with van der Waals surface area (Å²) < 4.78 is 43.1. The molecule has 0 saturated heterocycles. The first-order valence-electron chi connectivity index (χ1n) is 14.8. The minimum atomic E-state index is -4.63. The van der Waals surface area contributed by atoms with Gasteiger partial charge in [0.1, 0.15) is 5.82 Å². The number of carbonyl (C=O) groups is 1. The lowest BCUT2D eigenvalue weighted by molar-refractivity contribution is -0.385. The quantitative estimate of drug-likeness (QED) is 0.0577. The van der Waals surface area contributed by atoms with E-state index in [1.54, 1.807) is 36.5 Å². The number of benzene rings is 4. The van der Waals surface area contributed by atoms with Crippen LogP contribution in [0.1, 0.15) is 29.6 Å². The second-order valence-electron chi connectivity index (χ2n) is 10.6. The van der Waals surface area contributed by atoms with Gasteiger partial charge in [-0.15, -0.1) is 11.8 Å². The lowest BCUT2D eigenvalue weighted by Crippen LogP contribution is -2.52. The van der Waals surface area contributed by atoms with Gasteiger partial charge in [-0.05, 0) is 79.5 Å². The van der Waals surface area contributed by atoms with Crippen LogP contribution in [0.2, 0.25) is 0 Å². The number of thioether (sulfide) groups is 1. The first-order valence-corrected chi connectivity index (χ1v) is 17.2. The summed E-state index contributed by atoms with van der Waals surface area (Å²) in [5.74, 6) is -0.867. The van der Waals surface area contributed by atoms with Gasteiger partial charge in [-0.25, -0.2) is 9.82 Å². The SMILES string of the molecule is NCCCC[C@H](CSc1ccccc1)NN(C(=O)c1ccc(-c2ccc(F)c3cccnc23)cc1)S(=O)(=O)c1cccc([N+](=O)[O-])c1. The van der Waals surface area contributed by atoms with E-state index in [4.69, 9.17) is 5.73 Å². The van der Waals surface area contributed by atoms with E-state index in [9.17, 15) is 27.7 Å². The van der Waals surface area contributed by atoms with E-state index in [1.807, 2.05) is 30.3 Å². The molecule has 47 heavy (non-hydrogen) atoms. The summed E-state index contributed by atoms with van der Waals surface area (Å²) in [6.07, 6.45) is 3.45. The van der Waals surface area contributed by atoms with Crippen molar-refractivity contribution in [3.63, 3.8) is 0 Å². The molecular weight excluding hydrogens is 642 g/mol. The van der Waals surface area contributed by atoms with Crippen LogP contribution in [0.25, 0.3) is 22.0 Å². The van der Waals surface area contributed by atoms with Crippen molar-refractivity contribution in [2.24, 2.45) is 5.73 Å². The molecule has 5 aromatic rings. The Morgan fingerprint density at radius 2 is 1.74 bits per heavy atom. The average molecular weight is 674 g/mol. The van der Waals surface area contributed by atoms with Gasteiger partial charge in [-0.2, -0.15) is 12.8 Å². The minimum absolute atomic E-state index is 0.0473. The van der Waals surface area contributed by atoms with E-state index in [0.29, 0.717) is 58.0 Å². The first-order chi connectivity index (χ1) is 22.7. The molecule has 1 amide bonds. The van der Waals surface area contributed by atoms with Crippen molar-refractivity contribution >= 4 is 44.3 Å². The number of hydrazine groups is 1. The number of nitro benzene ring substituents is 1. The van der Waals surface area contributed by atoms with Crippen molar-refractivity contribution in [1.82, 2.24) is 14.8 Å². The molecule has 0 fully saturated rings. The number of nitrogens with zero attached hydrogens (tertiary/aromatic N) is 3. The Kier molecular flexibility index (Phi) is 10.9. The fourth-order valence-electron chi connectivity index (χ4n) is 4.98. The van der Waals surface area contributed by atoms with Gasteiger partial charge in [-0.3, -0.25) is 19.9 Å². The van der Waals surface area contributed by atoms with Crippen molar-refractivity contribution in [3.8, 4) is 11.1 Å². The molecule has 0 bridgehead atoms. The standard InChI is InChI=1S/C34H32FN5O5S2/c35-32-19-18-30(33-31(32)13-7-21-37-33)24-14-16-25(17-15-24)34(41)39(47(44,45)29-12-6-9-27(22-29)40(42)43)38-26(8-4-5-20-36)23-46-28-10-2-1-3-11-28/h1-3,6-7,9-19,21-22,26,38H,4-5,8,20,23,36H2/t26-/m1/s1. The van der Waals surface area contributed by atoms with Gasteiger partial charge in [0, 0.05) is 51.5 Å². The number of halogens is 1. The summed E-state index contributed by atoms with van der Waals surface area (Å²) in [5.41, 5.74) is 10.0. The minimum Gasteiger partial charge on any atom is -0.330 e. The molecule has 1 atom stereocenters. The topological polar surface area (TPSA) is 149 Å². The number of sulfonamides is 1. The number of aromatic nitrogens is 1. The van der Waals surface area contributed by atoms with Gasteiger partial charge >= 0.3 is 0 Å². The third kappa shape index (κ3) is 8.00. The van der Waals surface area contributed by atoms with Crippen molar-refractivity contribution in [2.45, 2.75) is 35.1 Å². The molecule has 10 nitrogen and oxygen atoms in total. The van der Waals surface area contributed by atoms with Gasteiger partial charge < -0.3 is 5.73 Å². The number of nitrogens with one attached hydrogen (secondary N) is 1. The average Bonchev–Trinajstić information content (AvgIpc) is 3.10. The first kappa shape index (κ1) is 33.7. The van der Waals surface area contributed by atoms with Crippen LogP contribution in [-0.2, 0) is 10.0 Å². The van der Waals surface area contributed by atoms with Crippen molar-refractivity contribution < 1.29 is 22.5 Å². The summed E-state index contributed by atoms with van der Waals surface area (Å²) in [6, 6.07) is 26.1. The zero-order chi connectivity index (χ0) is 33.4. The zero-order valence-corrected chi connectivity index (χ0v) is 26.8. The molecule has 0 aliphatic carbocycles. The van der Waals surface area contributed by atoms with E-state index in [0.717, 1.165) is 11.0 Å². The maximum absolute atomic E-state index is 14.4. The van der Waals surface area contributed by atoms with Crippen LogP contribution in [0.5, 0.6) is 0 Å². The summed E-state index contributed by atoms with van der Waals surface area (Å²) in [5, 5.41) is 11.8. The van der Waals surface area contributed by atoms with Gasteiger partial charge in [-0.1, -0.05) is 42.8 Å². The Morgan fingerprint density at radius 3 is 2.47 bits per heavy atom. The lowest BCUT2D eigenvalue weighted by Gasteiger charge is -2.28. The molecule has 1 aromatic heterocycles. The Hall–Kier alpha value is -4.69. The van der Waals surface area contributed by atoms with Crippen LogP contribution in [0.15, 0.2) is 119 Å². The molecule has 0 unspecified atom stereocenters. The molecule has 4 aromatic carbocycles. The number of unbranched alkanes of at least 4 members (excludes halogenated alkanes) is 1. The second kappa shape index (κ2) is 15.3. The Balaban J connectivity index is 1.50. The highest BCUT2D eigenvalue weighted by Crippen LogP contribution is 2.30. The largest absolute Gasteiger partial charge is 0.330 e. The van der Waals surface area contributed by atoms with Crippen LogP contribution < -0.4 is 11.2 Å². The molecule has 5 rings (SSSR count). The molecule has 1 heterocycles. The predicted octanol–water partition coefficient (Wildman–Crippen LogP) is 6.57. The Morgan fingerprint density at radius 1 is 0.979 bits per heavy atom. The number of rotatable bonds is 14. The highest BCUT2D eigenvalue weighted by Gasteiger charge is 2.33. The number of nitrogens with two attached hydrogens (primary N) is 1. The number of pyridine rings is 1. The Labute approximate surface area is 276 Å². The van der Waals surface area contributed by atoms with Crippen molar-refractivity contribution in [3.05, 3.63) is 131 Å². The van der Waals surface area contributed by atoms with E-state index < -0.39 is 43.3 Å². The maximum Gasteiger partial charge on any atom is 0.282 e. The van der Waals surface area contributed by atoms with Crippen LogP contribution in [-0.4, -0.2) is 47.0 Å². The highest BCUT2D eigenvalue weighted by atomic mass is 32.2. The third-order valence-corrected chi connectivity index (χ3v) is 10.2. The molecule has 0 spiro atoms. The fourth-order valence-corrected chi connectivity index (χ4v) is 7.31. The van der Waals surface area contributed by atoms with Gasteiger partial charge in [0.25, 0.3) is 21.6 Å². The summed E-state index contributed by atoms with van der Waals surface area (Å²) in [7, 11) is -4.63. The molecule has 0 aliphatic rings. The molecule has 0 aliphatic heterocycles. The maximum atomic E-state index is 14.4. The number of hydrogen-bond donors (Lipinski definition) is 2. The fraction of sp³-hybridized carbons (Fsp3) is 0.176. The Bertz CT molecular complexity index is 1980. The van der Waals surface area contributed by atoms with Crippen molar-refractivity contribution in [2.75, 3.05) is 12.3 Å². The van der Waals surface area contributed by atoms with E-state index in [1.165, 1.54) is 48.2 Å². The highest BCUT2D eigenvalue weighted by molar-refractivity contribution is 7.99. The monoisotopic (exact) mass is 673 g/mol. The van der Waals surface area contributed by atoms with E-state index in [-0.39, 0.29) is 5.56 Å². The smallest absolute Gasteiger partial charge is 0.282 e. The molecule has 0 saturated carbocycles. The molecule has 3 N–H and O–H groups in total. The number of carbonyl (C=O) groups excluding carboxylic acids is 1. The third-order valence-electron chi connectivity index (χ3n) is 7.41. The summed E-state index contributed by atoms with van der Waals surface area (Å²) in [6.45, 7) is 0.457. The van der Waals surface area contributed by atoms with Crippen LogP contribution >= 0.6 is 11.8 Å². The molecule has 0 radical (unpaired) electrons. The molecule has 13 heteroatoms. The predicted molar refractivity (Wildman–Crippen MR) is 181 cm³/mol. The van der Waals surface area contributed by atoms with Gasteiger partial charge in [0.05, 0.1) is 15.3 Å². The van der Waals surface area contributed by atoms with Crippen LogP contribution in [0, 0.1) is 15.9 Å². The normalized spacial score (nSPS) is 12.1. The number of non-ortho nitro benzene ring substituents is 1. The van der Waals surface area contributed by atoms with Gasteiger partial charge in [0.2, 0.25) is 0 Å². The molecule has 242 valence electrons. The van der Waals surface area contributed by atoms with Crippen LogP contribution in [0.4, 0.5) is 10.1 Å². The van der Waals surface area contributed by atoms with E-state index in [2.05, 4.69) is 10.4 Å². The van der Waals surface area contributed by atoms with Crippen LogP contribution in [0.3, 0.4) is 0 Å². The van der Waals surface area contributed by atoms with Gasteiger partial charge in [0.15, 0.2) is 0 Å². The number of amides is 1. The molecular formula is C34H32FN5O5S2. The zero-order valence-electron chi connectivity index (χ0n) is 25.2. The number of nitro groups is 1.